The lowest BCUT2D eigenvalue weighted by Crippen LogP contribution is -2.04. The average Bonchev–Trinajstić information content (AvgIpc) is 2.43. The second-order valence-electron chi connectivity index (χ2n) is 4.62. The maximum absolute atomic E-state index is 5.96. The summed E-state index contributed by atoms with van der Waals surface area (Å²) >= 11 is 7.57. The Morgan fingerprint density at radius 3 is 2.55 bits per heavy atom. The third kappa shape index (κ3) is 3.87. The van der Waals surface area contributed by atoms with Gasteiger partial charge in [0, 0.05) is 22.8 Å². The van der Waals surface area contributed by atoms with Crippen LogP contribution in [0.2, 0.25) is 5.02 Å². The van der Waals surface area contributed by atoms with Crippen molar-refractivity contribution < 1.29 is 0 Å². The minimum absolute atomic E-state index is 0.585. The Kier molecular flexibility index (Phi) is 5.26. The molecule has 0 bridgehead atoms. The summed E-state index contributed by atoms with van der Waals surface area (Å²) in [6, 6.07) is 7.87. The molecule has 0 saturated heterocycles. The monoisotopic (exact) mass is 307 g/mol. The molecule has 1 heterocycles. The molecule has 1 aromatic heterocycles. The van der Waals surface area contributed by atoms with Crippen molar-refractivity contribution in [2.24, 2.45) is 0 Å². The molecule has 5 heteroatoms. The summed E-state index contributed by atoms with van der Waals surface area (Å²) in [5, 5.41) is 1.72. The molecule has 20 heavy (non-hydrogen) atoms. The highest BCUT2D eigenvalue weighted by molar-refractivity contribution is 7.98. The van der Waals surface area contributed by atoms with E-state index in [1.54, 1.807) is 11.8 Å². The standard InChI is InChI=1S/C15H18ClN3S/c1-3-4-13-18-14(17)10(2)15(19-13)20-9-11-5-7-12(16)8-6-11/h5-8H,3-4,9H2,1-2H3,(H2,17,18,19). The number of benzene rings is 1. The zero-order valence-electron chi connectivity index (χ0n) is 11.7. The van der Waals surface area contributed by atoms with E-state index in [4.69, 9.17) is 17.3 Å². The van der Waals surface area contributed by atoms with E-state index in [-0.39, 0.29) is 0 Å². The Bertz CT molecular complexity index is 584. The fourth-order valence-corrected chi connectivity index (χ4v) is 2.88. The molecule has 0 aliphatic heterocycles. The third-order valence-electron chi connectivity index (χ3n) is 2.95. The topological polar surface area (TPSA) is 51.8 Å². The van der Waals surface area contributed by atoms with E-state index >= 15 is 0 Å². The summed E-state index contributed by atoms with van der Waals surface area (Å²) in [7, 11) is 0. The molecule has 2 rings (SSSR count). The average molecular weight is 308 g/mol. The number of hydrogen-bond donors (Lipinski definition) is 1. The molecular formula is C15H18ClN3S. The molecule has 106 valence electrons. The molecule has 0 aliphatic carbocycles. The van der Waals surface area contributed by atoms with Crippen LogP contribution in [0.15, 0.2) is 29.3 Å². The third-order valence-corrected chi connectivity index (χ3v) is 4.35. The quantitative estimate of drug-likeness (QED) is 0.662. The molecule has 0 saturated carbocycles. The highest BCUT2D eigenvalue weighted by Crippen LogP contribution is 2.27. The van der Waals surface area contributed by atoms with Gasteiger partial charge in [-0.1, -0.05) is 30.7 Å². The van der Waals surface area contributed by atoms with Gasteiger partial charge in [-0.05, 0) is 31.0 Å². The molecular weight excluding hydrogens is 290 g/mol. The Hall–Kier alpha value is -1.26. The van der Waals surface area contributed by atoms with E-state index in [2.05, 4.69) is 16.9 Å². The van der Waals surface area contributed by atoms with Gasteiger partial charge in [0.1, 0.15) is 16.7 Å². The van der Waals surface area contributed by atoms with Crippen LogP contribution >= 0.6 is 23.4 Å². The van der Waals surface area contributed by atoms with Crippen molar-refractivity contribution in [3.8, 4) is 0 Å². The summed E-state index contributed by atoms with van der Waals surface area (Å²) in [6.07, 6.45) is 1.88. The normalized spacial score (nSPS) is 10.8. The lowest BCUT2D eigenvalue weighted by molar-refractivity contribution is 0.805. The second-order valence-corrected chi connectivity index (χ2v) is 6.02. The first-order valence-electron chi connectivity index (χ1n) is 6.60. The van der Waals surface area contributed by atoms with E-state index in [1.807, 2.05) is 31.2 Å². The maximum atomic E-state index is 5.96. The summed E-state index contributed by atoms with van der Waals surface area (Å²) in [5.74, 6) is 2.26. The van der Waals surface area contributed by atoms with E-state index in [0.29, 0.717) is 5.82 Å². The van der Waals surface area contributed by atoms with Gasteiger partial charge >= 0.3 is 0 Å². The molecule has 0 unspecified atom stereocenters. The molecule has 0 spiro atoms. The number of aromatic nitrogens is 2. The second kappa shape index (κ2) is 6.95. The Morgan fingerprint density at radius 1 is 1.20 bits per heavy atom. The van der Waals surface area contributed by atoms with Gasteiger partial charge in [-0.25, -0.2) is 9.97 Å². The highest BCUT2D eigenvalue weighted by atomic mass is 35.5. The number of nitrogens with two attached hydrogens (primary N) is 1. The van der Waals surface area contributed by atoms with Crippen LogP contribution in [-0.2, 0) is 12.2 Å². The van der Waals surface area contributed by atoms with Gasteiger partial charge in [0.25, 0.3) is 0 Å². The van der Waals surface area contributed by atoms with Gasteiger partial charge in [-0.3, -0.25) is 0 Å². The number of anilines is 1. The zero-order chi connectivity index (χ0) is 14.5. The van der Waals surface area contributed by atoms with Crippen molar-refractivity contribution in [1.29, 1.82) is 0 Å². The number of halogens is 1. The van der Waals surface area contributed by atoms with Crippen LogP contribution < -0.4 is 5.73 Å². The molecule has 2 aromatic rings. The highest BCUT2D eigenvalue weighted by Gasteiger charge is 2.09. The number of nitrogens with zero attached hydrogens (tertiary/aromatic N) is 2. The van der Waals surface area contributed by atoms with Crippen LogP contribution in [0.5, 0.6) is 0 Å². The van der Waals surface area contributed by atoms with Crippen LogP contribution in [0.25, 0.3) is 0 Å². The van der Waals surface area contributed by atoms with Crippen molar-refractivity contribution in [2.75, 3.05) is 5.73 Å². The molecule has 0 fully saturated rings. The maximum Gasteiger partial charge on any atom is 0.132 e. The number of hydrogen-bond acceptors (Lipinski definition) is 4. The van der Waals surface area contributed by atoms with E-state index in [0.717, 1.165) is 40.0 Å². The van der Waals surface area contributed by atoms with Crippen molar-refractivity contribution in [3.05, 3.63) is 46.2 Å². The molecule has 0 aliphatic rings. The lowest BCUT2D eigenvalue weighted by atomic mass is 10.2. The van der Waals surface area contributed by atoms with Gasteiger partial charge in [-0.2, -0.15) is 0 Å². The number of thioether (sulfide) groups is 1. The predicted molar refractivity (Wildman–Crippen MR) is 86.2 cm³/mol. The number of aryl methyl sites for hydroxylation is 1. The fourth-order valence-electron chi connectivity index (χ4n) is 1.77. The molecule has 0 amide bonds. The minimum atomic E-state index is 0.585. The van der Waals surface area contributed by atoms with Crippen molar-refractivity contribution >= 4 is 29.2 Å². The van der Waals surface area contributed by atoms with Gasteiger partial charge in [-0.15, -0.1) is 11.8 Å². The van der Waals surface area contributed by atoms with Gasteiger partial charge in [0.15, 0.2) is 0 Å². The lowest BCUT2D eigenvalue weighted by Gasteiger charge is -2.09. The molecule has 2 N–H and O–H groups in total. The zero-order valence-corrected chi connectivity index (χ0v) is 13.3. The first-order chi connectivity index (χ1) is 9.60. The number of nitrogen functional groups attached to an aromatic ring is 1. The van der Waals surface area contributed by atoms with Crippen molar-refractivity contribution in [2.45, 2.75) is 37.5 Å². The van der Waals surface area contributed by atoms with Crippen LogP contribution in [0.4, 0.5) is 5.82 Å². The summed E-state index contributed by atoms with van der Waals surface area (Å²) in [6.45, 7) is 4.08. The SMILES string of the molecule is CCCc1nc(N)c(C)c(SCc2ccc(Cl)cc2)n1. The van der Waals surface area contributed by atoms with Crippen LogP contribution in [0.3, 0.4) is 0 Å². The summed E-state index contributed by atoms with van der Waals surface area (Å²) in [5.41, 5.74) is 8.14. The van der Waals surface area contributed by atoms with Gasteiger partial charge in [0.2, 0.25) is 0 Å². The predicted octanol–water partition coefficient (Wildman–Crippen LogP) is 4.27. The first kappa shape index (κ1) is 15.1. The Morgan fingerprint density at radius 2 is 1.90 bits per heavy atom. The molecule has 3 nitrogen and oxygen atoms in total. The van der Waals surface area contributed by atoms with Crippen LogP contribution in [-0.4, -0.2) is 9.97 Å². The van der Waals surface area contributed by atoms with Crippen LogP contribution in [0, 0.1) is 6.92 Å². The van der Waals surface area contributed by atoms with E-state index in [1.165, 1.54) is 5.56 Å². The first-order valence-corrected chi connectivity index (χ1v) is 7.96. The van der Waals surface area contributed by atoms with E-state index < -0.39 is 0 Å². The minimum Gasteiger partial charge on any atom is -0.383 e. The number of rotatable bonds is 5. The van der Waals surface area contributed by atoms with Crippen LogP contribution in [0.1, 0.15) is 30.3 Å². The van der Waals surface area contributed by atoms with Crippen molar-refractivity contribution in [1.82, 2.24) is 9.97 Å². The Balaban J connectivity index is 2.13. The Labute approximate surface area is 129 Å². The molecule has 1 aromatic carbocycles. The molecule has 0 radical (unpaired) electrons. The summed E-state index contributed by atoms with van der Waals surface area (Å²) < 4.78 is 0. The van der Waals surface area contributed by atoms with Gasteiger partial charge < -0.3 is 5.73 Å². The van der Waals surface area contributed by atoms with E-state index in [9.17, 15) is 0 Å². The van der Waals surface area contributed by atoms with Crippen molar-refractivity contribution in [3.63, 3.8) is 0 Å². The van der Waals surface area contributed by atoms with Gasteiger partial charge in [0.05, 0.1) is 0 Å². The fraction of sp³-hybridized carbons (Fsp3) is 0.333. The summed E-state index contributed by atoms with van der Waals surface area (Å²) in [4.78, 5) is 8.93. The smallest absolute Gasteiger partial charge is 0.132 e. The largest absolute Gasteiger partial charge is 0.383 e. The molecule has 0 atom stereocenters.